The molecule has 8 nitrogen and oxygen atoms in total. The highest BCUT2D eigenvalue weighted by Crippen LogP contribution is 2.29. The Morgan fingerprint density at radius 2 is 2.07 bits per heavy atom. The normalized spacial score (nSPS) is 11.7. The number of para-hydroxylation sites is 1. The largest absolute Gasteiger partial charge is 0.481 e. The summed E-state index contributed by atoms with van der Waals surface area (Å²) in [6.45, 7) is 1.85. The molecule has 1 N–H and O–H groups in total. The number of anilines is 1. The zero-order valence-corrected chi connectivity index (χ0v) is 18.8. The molecule has 0 radical (unpaired) electrons. The number of hydrogen-bond acceptors (Lipinski definition) is 8. The van der Waals surface area contributed by atoms with Gasteiger partial charge in [-0.2, -0.15) is 0 Å². The number of methoxy groups -OCH3 is 1. The molecule has 2 heterocycles. The fourth-order valence-electron chi connectivity index (χ4n) is 2.56. The van der Waals surface area contributed by atoms with Crippen molar-refractivity contribution in [1.82, 2.24) is 14.8 Å². The lowest BCUT2D eigenvalue weighted by atomic mass is 10.3. The predicted octanol–water partition coefficient (Wildman–Crippen LogP) is 4.19. The summed E-state index contributed by atoms with van der Waals surface area (Å²) in [6.07, 6.45) is -0.390. The summed E-state index contributed by atoms with van der Waals surface area (Å²) in [4.78, 5) is 24.0. The van der Waals surface area contributed by atoms with E-state index in [-0.39, 0.29) is 17.8 Å². The van der Waals surface area contributed by atoms with Crippen molar-refractivity contribution in [3.8, 4) is 5.75 Å². The van der Waals surface area contributed by atoms with Crippen LogP contribution in [0.3, 0.4) is 0 Å². The number of carbonyl (C=O) groups excluding carboxylic acids is 2. The molecule has 0 spiro atoms. The van der Waals surface area contributed by atoms with E-state index in [1.807, 2.05) is 19.1 Å². The summed E-state index contributed by atoms with van der Waals surface area (Å²) < 4.78 is 12.4. The Kier molecular flexibility index (Phi) is 7.35. The van der Waals surface area contributed by atoms with Crippen molar-refractivity contribution in [3.05, 3.63) is 52.1 Å². The number of halogens is 1. The highest BCUT2D eigenvalue weighted by atomic mass is 35.5. The average Bonchev–Trinajstić information content (AvgIpc) is 3.34. The molecule has 0 aliphatic rings. The standard InChI is InChI=1S/C19H19ClN4O4S2/c1-11(28-14-7-5-4-6-13(14)20)16-22-23-19(24(16)2)30-10-15(25)21-17-12(8-9-29-17)18(26)27-3/h4-9,11H,10H2,1-3H3,(H,21,25). The van der Waals surface area contributed by atoms with E-state index in [2.05, 4.69) is 15.5 Å². The fraction of sp³-hybridized carbons (Fsp3) is 0.263. The average molecular weight is 467 g/mol. The first kappa shape index (κ1) is 22.1. The van der Waals surface area contributed by atoms with Gasteiger partial charge in [0, 0.05) is 7.05 Å². The summed E-state index contributed by atoms with van der Waals surface area (Å²) in [7, 11) is 3.10. The van der Waals surface area contributed by atoms with E-state index in [0.717, 1.165) is 0 Å². The van der Waals surface area contributed by atoms with Crippen molar-refractivity contribution < 1.29 is 19.1 Å². The maximum atomic E-state index is 12.3. The second-order valence-corrected chi connectivity index (χ2v) is 8.35. The van der Waals surface area contributed by atoms with Gasteiger partial charge < -0.3 is 19.4 Å². The molecule has 1 aromatic carbocycles. The summed E-state index contributed by atoms with van der Waals surface area (Å²) in [5.74, 6) is 0.497. The summed E-state index contributed by atoms with van der Waals surface area (Å²) in [5.41, 5.74) is 0.326. The smallest absolute Gasteiger partial charge is 0.340 e. The van der Waals surface area contributed by atoms with E-state index in [1.165, 1.54) is 30.2 Å². The Morgan fingerprint density at radius 1 is 1.30 bits per heavy atom. The highest BCUT2D eigenvalue weighted by Gasteiger charge is 2.20. The van der Waals surface area contributed by atoms with Gasteiger partial charge in [-0.05, 0) is 30.5 Å². The van der Waals surface area contributed by atoms with E-state index < -0.39 is 5.97 Å². The van der Waals surface area contributed by atoms with Gasteiger partial charge in [0.05, 0.1) is 23.4 Å². The van der Waals surface area contributed by atoms with Crippen LogP contribution in [0.4, 0.5) is 5.00 Å². The van der Waals surface area contributed by atoms with E-state index in [9.17, 15) is 9.59 Å². The molecule has 1 atom stereocenters. The molecule has 30 heavy (non-hydrogen) atoms. The van der Waals surface area contributed by atoms with Crippen LogP contribution in [0.1, 0.15) is 29.2 Å². The third kappa shape index (κ3) is 5.13. The molecule has 158 valence electrons. The second kappa shape index (κ2) is 9.96. The van der Waals surface area contributed by atoms with Gasteiger partial charge in [-0.3, -0.25) is 4.79 Å². The number of benzene rings is 1. The monoisotopic (exact) mass is 466 g/mol. The Bertz CT molecular complexity index is 1050. The van der Waals surface area contributed by atoms with E-state index >= 15 is 0 Å². The minimum absolute atomic E-state index is 0.101. The van der Waals surface area contributed by atoms with Gasteiger partial charge in [0.25, 0.3) is 0 Å². The molecular weight excluding hydrogens is 448 g/mol. The lowest BCUT2D eigenvalue weighted by Crippen LogP contribution is -2.16. The third-order valence-corrected chi connectivity index (χ3v) is 6.19. The first-order chi connectivity index (χ1) is 14.4. The fourth-order valence-corrected chi connectivity index (χ4v) is 4.25. The van der Waals surface area contributed by atoms with Crippen molar-refractivity contribution in [2.45, 2.75) is 18.2 Å². The van der Waals surface area contributed by atoms with Crippen molar-refractivity contribution >= 4 is 51.6 Å². The lowest BCUT2D eigenvalue weighted by molar-refractivity contribution is -0.113. The van der Waals surface area contributed by atoms with Crippen LogP contribution in [-0.4, -0.2) is 39.5 Å². The number of thiophene rings is 1. The molecule has 1 unspecified atom stereocenters. The molecule has 0 saturated carbocycles. The topological polar surface area (TPSA) is 95.3 Å². The summed E-state index contributed by atoms with van der Waals surface area (Å²) >= 11 is 8.62. The number of nitrogens with one attached hydrogen (secondary N) is 1. The molecule has 11 heteroatoms. The van der Waals surface area contributed by atoms with Crippen molar-refractivity contribution in [2.75, 3.05) is 18.2 Å². The second-order valence-electron chi connectivity index (χ2n) is 6.08. The Hall–Kier alpha value is -2.56. The zero-order valence-electron chi connectivity index (χ0n) is 16.4. The molecule has 3 rings (SSSR count). The molecule has 0 bridgehead atoms. The highest BCUT2D eigenvalue weighted by molar-refractivity contribution is 7.99. The van der Waals surface area contributed by atoms with Crippen LogP contribution in [0.5, 0.6) is 5.75 Å². The Labute approximate surface area is 186 Å². The third-order valence-electron chi connectivity index (χ3n) is 4.03. The maximum absolute atomic E-state index is 12.3. The molecular formula is C19H19ClN4O4S2. The van der Waals surface area contributed by atoms with Crippen LogP contribution in [0, 0.1) is 0 Å². The molecule has 0 fully saturated rings. The molecule has 0 aliphatic heterocycles. The van der Waals surface area contributed by atoms with Gasteiger partial charge in [0.1, 0.15) is 10.8 Å². The van der Waals surface area contributed by atoms with Crippen LogP contribution in [0.25, 0.3) is 0 Å². The van der Waals surface area contributed by atoms with Gasteiger partial charge in [0.15, 0.2) is 17.1 Å². The maximum Gasteiger partial charge on any atom is 0.340 e. The summed E-state index contributed by atoms with van der Waals surface area (Å²) in [5, 5.41) is 14.3. The first-order valence-electron chi connectivity index (χ1n) is 8.79. The number of amides is 1. The van der Waals surface area contributed by atoms with E-state index in [4.69, 9.17) is 21.1 Å². The van der Waals surface area contributed by atoms with Crippen LogP contribution in [-0.2, 0) is 16.6 Å². The van der Waals surface area contributed by atoms with Crippen LogP contribution < -0.4 is 10.1 Å². The Morgan fingerprint density at radius 3 is 2.80 bits per heavy atom. The van der Waals surface area contributed by atoms with Crippen molar-refractivity contribution in [1.29, 1.82) is 0 Å². The number of thioether (sulfide) groups is 1. The van der Waals surface area contributed by atoms with Gasteiger partial charge in [0.2, 0.25) is 5.91 Å². The SMILES string of the molecule is COC(=O)c1ccsc1NC(=O)CSc1nnc(C(C)Oc2ccccc2Cl)n1C. The number of esters is 1. The molecule has 0 aliphatic carbocycles. The van der Waals surface area contributed by atoms with Gasteiger partial charge in [-0.15, -0.1) is 21.5 Å². The quantitative estimate of drug-likeness (QED) is 0.393. The predicted molar refractivity (Wildman–Crippen MR) is 117 cm³/mol. The van der Waals surface area contributed by atoms with Gasteiger partial charge >= 0.3 is 5.97 Å². The first-order valence-corrected chi connectivity index (χ1v) is 11.0. The van der Waals surface area contributed by atoms with Gasteiger partial charge in [-0.25, -0.2) is 4.79 Å². The number of rotatable bonds is 8. The van der Waals surface area contributed by atoms with Crippen LogP contribution in [0.2, 0.25) is 5.02 Å². The molecule has 3 aromatic rings. The van der Waals surface area contributed by atoms with Crippen molar-refractivity contribution in [2.24, 2.45) is 7.05 Å². The van der Waals surface area contributed by atoms with Crippen molar-refractivity contribution in [3.63, 3.8) is 0 Å². The molecule has 0 saturated heterocycles. The van der Waals surface area contributed by atoms with E-state index in [0.29, 0.717) is 32.3 Å². The number of ether oxygens (including phenoxy) is 2. The van der Waals surface area contributed by atoms with Crippen LogP contribution >= 0.6 is 34.7 Å². The molecule has 2 aromatic heterocycles. The zero-order chi connectivity index (χ0) is 21.7. The number of hydrogen-bond donors (Lipinski definition) is 1. The number of carbonyl (C=O) groups is 2. The van der Waals surface area contributed by atoms with E-state index in [1.54, 1.807) is 35.2 Å². The summed E-state index contributed by atoms with van der Waals surface area (Å²) in [6, 6.07) is 8.80. The number of aromatic nitrogens is 3. The Balaban J connectivity index is 1.60. The van der Waals surface area contributed by atoms with Gasteiger partial charge in [-0.1, -0.05) is 35.5 Å². The lowest BCUT2D eigenvalue weighted by Gasteiger charge is -2.15. The number of nitrogens with zero attached hydrogens (tertiary/aromatic N) is 3. The molecule has 1 amide bonds. The van der Waals surface area contributed by atoms with Crippen LogP contribution in [0.15, 0.2) is 40.9 Å². The minimum atomic E-state index is -0.496. The minimum Gasteiger partial charge on any atom is -0.481 e.